The molecule has 1 saturated heterocycles. The summed E-state index contributed by atoms with van der Waals surface area (Å²) in [4.78, 5) is 2.58. The molecule has 1 fully saturated rings. The molecule has 0 amide bonds. The van der Waals surface area contributed by atoms with Gasteiger partial charge in [-0.2, -0.15) is 8.42 Å². The molecule has 1 N–H and O–H groups in total. The zero-order chi connectivity index (χ0) is 21.5. The topological polar surface area (TPSA) is 76.1 Å². The van der Waals surface area contributed by atoms with Crippen molar-refractivity contribution >= 4 is 10.1 Å². The van der Waals surface area contributed by atoms with E-state index in [2.05, 4.69) is 55.3 Å². The lowest BCUT2D eigenvalue weighted by Crippen LogP contribution is -2.32. The number of hydrogen-bond acceptors (Lipinski definition) is 5. The Bertz CT molecular complexity index is 1030. The van der Waals surface area contributed by atoms with E-state index in [0.29, 0.717) is 25.0 Å². The van der Waals surface area contributed by atoms with Crippen LogP contribution >= 0.6 is 0 Å². The minimum atomic E-state index is -3.67. The van der Waals surface area contributed by atoms with Crippen LogP contribution in [0.5, 0.6) is 11.5 Å². The van der Waals surface area contributed by atoms with E-state index < -0.39 is 10.1 Å². The van der Waals surface area contributed by atoms with E-state index in [-0.39, 0.29) is 0 Å². The van der Waals surface area contributed by atoms with Crippen LogP contribution in [0.4, 0.5) is 0 Å². The first-order valence-electron chi connectivity index (χ1n) is 10.3. The Morgan fingerprint density at radius 3 is 2.70 bits per heavy atom. The number of ether oxygens (including phenoxy) is 2. The minimum Gasteiger partial charge on any atom is -0.454 e. The summed E-state index contributed by atoms with van der Waals surface area (Å²) < 4.78 is 37.2. The third-order valence-electron chi connectivity index (χ3n) is 6.39. The predicted octanol–water partition coefficient (Wildman–Crippen LogP) is 3.43. The summed E-state index contributed by atoms with van der Waals surface area (Å²) >= 11 is 0. The van der Waals surface area contributed by atoms with Gasteiger partial charge in [0.15, 0.2) is 11.5 Å². The quantitative estimate of drug-likeness (QED) is 0.735. The molecule has 0 aromatic heterocycles. The SMILES string of the molecule is CS(=O)(=O)O.Cc1cccc(CC2C3CCc4c(ccc5c4OCO5)C3CN2C)c1. The molecule has 3 unspecified atom stereocenters. The highest BCUT2D eigenvalue weighted by Crippen LogP contribution is 2.50. The molecular formula is C23H29NO5S. The van der Waals surface area contributed by atoms with Crippen LogP contribution in [0.15, 0.2) is 36.4 Å². The lowest BCUT2D eigenvalue weighted by molar-refractivity contribution is 0.172. The molecule has 3 atom stereocenters. The monoisotopic (exact) mass is 431 g/mol. The predicted molar refractivity (Wildman–Crippen MR) is 116 cm³/mol. The lowest BCUT2D eigenvalue weighted by atomic mass is 9.73. The van der Waals surface area contributed by atoms with Crippen LogP contribution in [-0.2, 0) is 23.0 Å². The Hall–Kier alpha value is -2.09. The molecule has 162 valence electrons. The number of aryl methyl sites for hydroxylation is 1. The molecule has 0 saturated carbocycles. The molecule has 2 aliphatic heterocycles. The van der Waals surface area contributed by atoms with E-state index in [1.54, 1.807) is 0 Å². The van der Waals surface area contributed by atoms with E-state index in [1.165, 1.54) is 28.7 Å². The first kappa shape index (κ1) is 21.2. The number of benzene rings is 2. The maximum absolute atomic E-state index is 9.19. The molecule has 7 heteroatoms. The van der Waals surface area contributed by atoms with E-state index in [0.717, 1.165) is 36.8 Å². The number of nitrogens with zero attached hydrogens (tertiary/aromatic N) is 1. The van der Waals surface area contributed by atoms with E-state index in [4.69, 9.17) is 14.0 Å². The third-order valence-corrected chi connectivity index (χ3v) is 6.39. The average molecular weight is 432 g/mol. The second-order valence-corrected chi connectivity index (χ2v) is 10.1. The number of likely N-dealkylation sites (N-methyl/N-ethyl adjacent to an activating group) is 1. The average Bonchev–Trinajstić information content (AvgIpc) is 3.25. The highest BCUT2D eigenvalue weighted by atomic mass is 32.2. The van der Waals surface area contributed by atoms with Crippen LogP contribution < -0.4 is 9.47 Å². The summed E-state index contributed by atoms with van der Waals surface area (Å²) in [6.07, 6.45) is 4.23. The van der Waals surface area contributed by atoms with Gasteiger partial charge in [0.1, 0.15) is 0 Å². The second-order valence-electron chi connectivity index (χ2n) is 8.61. The zero-order valence-corrected chi connectivity index (χ0v) is 18.5. The molecule has 30 heavy (non-hydrogen) atoms. The standard InChI is InChI=1S/C22H25NO2.CH4O3S/c1-14-4-3-5-15(10-14)11-20-17-6-7-18-16(19(17)12-23(20)2)8-9-21-22(18)25-13-24-21;1-5(2,3)4/h3-5,8-10,17,19-20H,6-7,11-13H2,1-2H3;1H3,(H,2,3,4). The Morgan fingerprint density at radius 2 is 1.97 bits per heavy atom. The van der Waals surface area contributed by atoms with Crippen LogP contribution in [0, 0.1) is 12.8 Å². The van der Waals surface area contributed by atoms with Crippen molar-refractivity contribution in [3.63, 3.8) is 0 Å². The van der Waals surface area contributed by atoms with Gasteiger partial charge in [0, 0.05) is 24.1 Å². The Kier molecular flexibility index (Phi) is 5.79. The van der Waals surface area contributed by atoms with Gasteiger partial charge < -0.3 is 14.4 Å². The normalized spacial score (nSPS) is 24.6. The van der Waals surface area contributed by atoms with Gasteiger partial charge in [-0.1, -0.05) is 35.9 Å². The van der Waals surface area contributed by atoms with Crippen LogP contribution in [0.3, 0.4) is 0 Å². The van der Waals surface area contributed by atoms with Gasteiger partial charge >= 0.3 is 0 Å². The van der Waals surface area contributed by atoms with Crippen LogP contribution in [0.25, 0.3) is 0 Å². The fourth-order valence-corrected chi connectivity index (χ4v) is 5.25. The number of likely N-dealkylation sites (tertiary alicyclic amines) is 1. The van der Waals surface area contributed by atoms with Crippen LogP contribution in [0.2, 0.25) is 0 Å². The van der Waals surface area contributed by atoms with E-state index in [1.807, 2.05) is 0 Å². The van der Waals surface area contributed by atoms with Crippen molar-refractivity contribution < 1.29 is 22.4 Å². The molecular weight excluding hydrogens is 402 g/mol. The summed E-state index contributed by atoms with van der Waals surface area (Å²) in [5, 5.41) is 0. The highest BCUT2D eigenvalue weighted by Gasteiger charge is 2.44. The smallest absolute Gasteiger partial charge is 0.261 e. The van der Waals surface area contributed by atoms with Crippen molar-refractivity contribution in [2.45, 2.75) is 38.1 Å². The molecule has 3 aliphatic rings. The molecule has 2 aromatic rings. The largest absolute Gasteiger partial charge is 0.454 e. The first-order chi connectivity index (χ1) is 14.2. The second kappa shape index (κ2) is 8.21. The molecule has 2 heterocycles. The van der Waals surface area contributed by atoms with Crippen molar-refractivity contribution in [2.24, 2.45) is 5.92 Å². The molecule has 0 radical (unpaired) electrons. The fourth-order valence-electron chi connectivity index (χ4n) is 5.25. The Labute approximate surface area is 178 Å². The van der Waals surface area contributed by atoms with Crippen molar-refractivity contribution in [1.82, 2.24) is 4.90 Å². The zero-order valence-electron chi connectivity index (χ0n) is 17.7. The number of rotatable bonds is 2. The van der Waals surface area contributed by atoms with Crippen LogP contribution in [0.1, 0.15) is 34.6 Å². The molecule has 6 nitrogen and oxygen atoms in total. The molecule has 0 bridgehead atoms. The third kappa shape index (κ3) is 4.48. The van der Waals surface area contributed by atoms with Crippen molar-refractivity contribution in [3.8, 4) is 11.5 Å². The summed E-state index contributed by atoms with van der Waals surface area (Å²) in [6, 6.07) is 14.0. The lowest BCUT2D eigenvalue weighted by Gasteiger charge is -2.32. The number of hydrogen-bond donors (Lipinski definition) is 1. The Balaban J connectivity index is 0.000000393. The fraction of sp³-hybridized carbons (Fsp3) is 0.478. The van der Waals surface area contributed by atoms with E-state index in [9.17, 15) is 8.42 Å². The Morgan fingerprint density at radius 1 is 1.20 bits per heavy atom. The van der Waals surface area contributed by atoms with Gasteiger partial charge in [-0.15, -0.1) is 0 Å². The van der Waals surface area contributed by atoms with Gasteiger partial charge in [0.05, 0.1) is 6.26 Å². The van der Waals surface area contributed by atoms with E-state index >= 15 is 0 Å². The summed E-state index contributed by atoms with van der Waals surface area (Å²) in [5.41, 5.74) is 5.73. The number of fused-ring (bicyclic) bond motifs is 5. The van der Waals surface area contributed by atoms with Gasteiger partial charge in [0.2, 0.25) is 6.79 Å². The van der Waals surface area contributed by atoms with Crippen molar-refractivity contribution in [2.75, 3.05) is 26.6 Å². The van der Waals surface area contributed by atoms with Gasteiger partial charge in [-0.25, -0.2) is 0 Å². The maximum atomic E-state index is 9.19. The summed E-state index contributed by atoms with van der Waals surface area (Å²) in [7, 11) is -1.37. The van der Waals surface area contributed by atoms with Gasteiger partial charge in [-0.3, -0.25) is 4.55 Å². The molecule has 5 rings (SSSR count). The molecule has 1 aliphatic carbocycles. The van der Waals surface area contributed by atoms with Crippen molar-refractivity contribution in [1.29, 1.82) is 0 Å². The molecule has 0 spiro atoms. The summed E-state index contributed by atoms with van der Waals surface area (Å²) in [6.45, 7) is 3.70. The molecule has 2 aromatic carbocycles. The van der Waals surface area contributed by atoms with Gasteiger partial charge in [0.25, 0.3) is 10.1 Å². The highest BCUT2D eigenvalue weighted by molar-refractivity contribution is 7.85. The van der Waals surface area contributed by atoms with Crippen LogP contribution in [-0.4, -0.2) is 50.6 Å². The van der Waals surface area contributed by atoms with Gasteiger partial charge in [-0.05, 0) is 56.3 Å². The van der Waals surface area contributed by atoms with Crippen molar-refractivity contribution in [3.05, 3.63) is 58.7 Å². The minimum absolute atomic E-state index is 0.371. The maximum Gasteiger partial charge on any atom is 0.261 e. The first-order valence-corrected chi connectivity index (χ1v) is 12.1. The summed E-state index contributed by atoms with van der Waals surface area (Å²) in [5.74, 6) is 3.30.